The van der Waals surface area contributed by atoms with Crippen LogP contribution in [0.2, 0.25) is 0 Å². The van der Waals surface area contributed by atoms with E-state index in [1.54, 1.807) is 0 Å². The molecule has 0 spiro atoms. The van der Waals surface area contributed by atoms with E-state index in [-0.39, 0.29) is 0 Å². The SMILES string of the molecule is C=C[CH]CCCCCCCC/C=C\CCCCCCCC. The van der Waals surface area contributed by atoms with Crippen LogP contribution in [0, 0.1) is 6.42 Å². The van der Waals surface area contributed by atoms with Crippen molar-refractivity contribution >= 4 is 0 Å². The van der Waals surface area contributed by atoms with Crippen LogP contribution in [0.1, 0.15) is 103 Å². The minimum absolute atomic E-state index is 1.21. The monoisotopic (exact) mass is 291 g/mol. The van der Waals surface area contributed by atoms with Gasteiger partial charge in [0.15, 0.2) is 0 Å². The maximum Gasteiger partial charge on any atom is -0.0173 e. The highest BCUT2D eigenvalue weighted by Crippen LogP contribution is 2.11. The van der Waals surface area contributed by atoms with Gasteiger partial charge >= 0.3 is 0 Å². The van der Waals surface area contributed by atoms with E-state index in [1.807, 2.05) is 6.08 Å². The average Bonchev–Trinajstić information content (AvgIpc) is 2.50. The Morgan fingerprint density at radius 2 is 1.00 bits per heavy atom. The minimum Gasteiger partial charge on any atom is -0.103 e. The van der Waals surface area contributed by atoms with E-state index in [1.165, 1.54) is 96.3 Å². The summed E-state index contributed by atoms with van der Waals surface area (Å²) in [6, 6.07) is 0. The predicted molar refractivity (Wildman–Crippen MR) is 98.6 cm³/mol. The third kappa shape index (κ3) is 19.5. The molecule has 0 heteroatoms. The van der Waals surface area contributed by atoms with Gasteiger partial charge in [-0.25, -0.2) is 0 Å². The van der Waals surface area contributed by atoms with Gasteiger partial charge in [0, 0.05) is 0 Å². The molecule has 0 aliphatic rings. The maximum absolute atomic E-state index is 3.71. The largest absolute Gasteiger partial charge is 0.103 e. The molecule has 0 aliphatic carbocycles. The lowest BCUT2D eigenvalue weighted by molar-refractivity contribution is 0.595. The molecule has 0 aromatic carbocycles. The zero-order chi connectivity index (χ0) is 15.4. The summed E-state index contributed by atoms with van der Waals surface area (Å²) in [6.45, 7) is 5.99. The molecule has 0 aromatic rings. The van der Waals surface area contributed by atoms with E-state index in [4.69, 9.17) is 0 Å². The Bertz CT molecular complexity index is 214. The Hall–Kier alpha value is -0.520. The highest BCUT2D eigenvalue weighted by molar-refractivity contribution is 4.85. The van der Waals surface area contributed by atoms with E-state index in [2.05, 4.69) is 32.1 Å². The van der Waals surface area contributed by atoms with Crippen molar-refractivity contribution in [2.45, 2.75) is 103 Å². The van der Waals surface area contributed by atoms with E-state index in [9.17, 15) is 0 Å². The van der Waals surface area contributed by atoms with Gasteiger partial charge in [0.05, 0.1) is 0 Å². The van der Waals surface area contributed by atoms with Crippen LogP contribution in [-0.4, -0.2) is 0 Å². The first kappa shape index (κ1) is 20.5. The van der Waals surface area contributed by atoms with Gasteiger partial charge in [0.1, 0.15) is 0 Å². The van der Waals surface area contributed by atoms with Gasteiger partial charge in [0.25, 0.3) is 0 Å². The molecule has 123 valence electrons. The van der Waals surface area contributed by atoms with Crippen molar-refractivity contribution in [1.29, 1.82) is 0 Å². The summed E-state index contributed by atoms with van der Waals surface area (Å²) in [5, 5.41) is 0. The zero-order valence-corrected chi connectivity index (χ0v) is 14.6. The molecular weight excluding hydrogens is 252 g/mol. The standard InChI is InChI=1S/C21H39/c1-3-5-7-9-11-13-15-17-19-21-20-18-16-14-12-10-8-6-4-2/h3,5,18,20H,1,4,6-17,19,21H2,2H3/b20-18-. The zero-order valence-electron chi connectivity index (χ0n) is 14.6. The van der Waals surface area contributed by atoms with Crippen LogP contribution in [0.4, 0.5) is 0 Å². The second-order valence-corrected chi connectivity index (χ2v) is 6.20. The van der Waals surface area contributed by atoms with Crippen molar-refractivity contribution in [3.63, 3.8) is 0 Å². The summed E-state index contributed by atoms with van der Waals surface area (Å²) in [5.74, 6) is 0. The molecular formula is C21H39. The molecule has 0 aliphatic heterocycles. The fourth-order valence-corrected chi connectivity index (χ4v) is 2.63. The minimum atomic E-state index is 1.21. The molecule has 0 unspecified atom stereocenters. The predicted octanol–water partition coefficient (Wildman–Crippen LogP) is 7.80. The quantitative estimate of drug-likeness (QED) is 0.189. The van der Waals surface area contributed by atoms with Crippen molar-refractivity contribution in [2.75, 3.05) is 0 Å². The molecule has 0 saturated heterocycles. The Labute approximate surface area is 135 Å². The summed E-state index contributed by atoms with van der Waals surface area (Å²) >= 11 is 0. The molecule has 0 aromatic heterocycles. The average molecular weight is 292 g/mol. The summed E-state index contributed by atoms with van der Waals surface area (Å²) in [4.78, 5) is 0. The van der Waals surface area contributed by atoms with Crippen molar-refractivity contribution < 1.29 is 0 Å². The van der Waals surface area contributed by atoms with Crippen LogP contribution in [0.5, 0.6) is 0 Å². The highest BCUT2D eigenvalue weighted by Gasteiger charge is 1.91. The normalized spacial score (nSPS) is 11.3. The van der Waals surface area contributed by atoms with Crippen molar-refractivity contribution in [3.05, 3.63) is 31.2 Å². The number of hydrogen-bond donors (Lipinski definition) is 0. The summed E-state index contributed by atoms with van der Waals surface area (Å²) in [7, 11) is 0. The fraction of sp³-hybridized carbons (Fsp3) is 0.762. The lowest BCUT2D eigenvalue weighted by Crippen LogP contribution is -1.80. The van der Waals surface area contributed by atoms with Crippen LogP contribution >= 0.6 is 0 Å². The Morgan fingerprint density at radius 3 is 1.48 bits per heavy atom. The van der Waals surface area contributed by atoms with Gasteiger partial charge in [-0.3, -0.25) is 0 Å². The Balaban J connectivity index is 3.03. The van der Waals surface area contributed by atoms with Gasteiger partial charge < -0.3 is 0 Å². The van der Waals surface area contributed by atoms with Gasteiger partial charge in [-0.15, -0.1) is 6.58 Å². The van der Waals surface area contributed by atoms with E-state index in [0.29, 0.717) is 0 Å². The topological polar surface area (TPSA) is 0 Å². The van der Waals surface area contributed by atoms with Crippen LogP contribution in [0.3, 0.4) is 0 Å². The van der Waals surface area contributed by atoms with E-state index < -0.39 is 0 Å². The highest BCUT2D eigenvalue weighted by atomic mass is 14.0. The van der Waals surface area contributed by atoms with Crippen molar-refractivity contribution in [2.24, 2.45) is 0 Å². The first-order valence-electron chi connectivity index (χ1n) is 9.51. The molecule has 0 atom stereocenters. The third-order valence-corrected chi connectivity index (χ3v) is 4.05. The van der Waals surface area contributed by atoms with Gasteiger partial charge in [0.2, 0.25) is 0 Å². The lowest BCUT2D eigenvalue weighted by atomic mass is 10.1. The van der Waals surface area contributed by atoms with Crippen molar-refractivity contribution in [3.8, 4) is 0 Å². The number of rotatable bonds is 17. The summed E-state index contributed by atoms with van der Waals surface area (Å²) < 4.78 is 0. The molecule has 0 heterocycles. The fourth-order valence-electron chi connectivity index (χ4n) is 2.63. The molecule has 0 bridgehead atoms. The van der Waals surface area contributed by atoms with Crippen LogP contribution in [0.15, 0.2) is 24.8 Å². The van der Waals surface area contributed by atoms with E-state index >= 15 is 0 Å². The third-order valence-electron chi connectivity index (χ3n) is 4.05. The Kier molecular flexibility index (Phi) is 19.0. The number of unbranched alkanes of at least 4 members (excludes halogenated alkanes) is 14. The molecule has 0 nitrogen and oxygen atoms in total. The molecule has 0 fully saturated rings. The maximum atomic E-state index is 3.71. The summed E-state index contributed by atoms with van der Waals surface area (Å²) in [6.07, 6.45) is 29.5. The first-order chi connectivity index (χ1) is 10.4. The Morgan fingerprint density at radius 1 is 0.571 bits per heavy atom. The lowest BCUT2D eigenvalue weighted by Gasteiger charge is -2.00. The number of allylic oxidation sites excluding steroid dienone is 3. The molecule has 1 radical (unpaired) electrons. The van der Waals surface area contributed by atoms with Crippen LogP contribution in [0.25, 0.3) is 0 Å². The van der Waals surface area contributed by atoms with Gasteiger partial charge in [-0.2, -0.15) is 0 Å². The molecule has 0 N–H and O–H groups in total. The second-order valence-electron chi connectivity index (χ2n) is 6.20. The molecule has 0 rings (SSSR count). The van der Waals surface area contributed by atoms with Gasteiger partial charge in [-0.05, 0) is 38.5 Å². The van der Waals surface area contributed by atoms with Crippen LogP contribution in [-0.2, 0) is 0 Å². The molecule has 0 amide bonds. The number of hydrogen-bond acceptors (Lipinski definition) is 0. The van der Waals surface area contributed by atoms with Crippen LogP contribution < -0.4 is 0 Å². The summed E-state index contributed by atoms with van der Waals surface area (Å²) in [5.41, 5.74) is 0. The second kappa shape index (κ2) is 19.5. The molecule has 0 saturated carbocycles. The first-order valence-corrected chi connectivity index (χ1v) is 9.51. The van der Waals surface area contributed by atoms with Crippen molar-refractivity contribution in [1.82, 2.24) is 0 Å². The van der Waals surface area contributed by atoms with Gasteiger partial charge in [-0.1, -0.05) is 89.4 Å². The van der Waals surface area contributed by atoms with E-state index in [0.717, 1.165) is 0 Å². The molecule has 21 heavy (non-hydrogen) atoms. The smallest absolute Gasteiger partial charge is 0.0173 e.